The maximum Gasteiger partial charge on any atom is 0.278 e. The molecule has 12 heavy (non-hydrogen) atoms. The lowest BCUT2D eigenvalue weighted by molar-refractivity contribution is -0.285. The Morgan fingerprint density at radius 2 is 2.42 bits per heavy atom. The van der Waals surface area contributed by atoms with Crippen molar-refractivity contribution in [1.82, 2.24) is 19.5 Å². The van der Waals surface area contributed by atoms with Crippen LogP contribution in [0.15, 0.2) is 11.1 Å². The van der Waals surface area contributed by atoms with Crippen LogP contribution in [0.1, 0.15) is 0 Å². The molecule has 0 aliphatic rings. The van der Waals surface area contributed by atoms with Crippen LogP contribution in [0, 0.1) is 0 Å². The fourth-order valence-corrected chi connectivity index (χ4v) is 0.949. The van der Waals surface area contributed by atoms with E-state index in [1.165, 1.54) is 13.4 Å². The summed E-state index contributed by atoms with van der Waals surface area (Å²) in [5, 5.41) is 10.9. The van der Waals surface area contributed by atoms with Crippen LogP contribution in [0.25, 0.3) is 11.2 Å². The van der Waals surface area contributed by atoms with Gasteiger partial charge in [0.15, 0.2) is 11.2 Å². The Kier molecular flexibility index (Phi) is 1.18. The predicted octanol–water partition coefficient (Wildman–Crippen LogP) is -1.27. The maximum absolute atomic E-state index is 11.3. The van der Waals surface area contributed by atoms with E-state index in [4.69, 9.17) is 0 Å². The van der Waals surface area contributed by atoms with Crippen LogP contribution < -0.4 is 10.7 Å². The van der Waals surface area contributed by atoms with Crippen molar-refractivity contribution in [2.45, 2.75) is 0 Å². The van der Waals surface area contributed by atoms with Crippen LogP contribution >= 0.6 is 0 Å². The molecule has 0 saturated heterocycles. The van der Waals surface area contributed by atoms with E-state index in [1.807, 2.05) is 0 Å². The van der Waals surface area contributed by atoms with Crippen LogP contribution in [0.4, 0.5) is 0 Å². The van der Waals surface area contributed by atoms with Gasteiger partial charge in [-0.25, -0.2) is 9.97 Å². The smallest absolute Gasteiger partial charge is 0.278 e. The number of nitrogens with one attached hydrogen (secondary N) is 1. The third kappa shape index (κ3) is 0.714. The minimum atomic E-state index is -0.584. The molecule has 0 atom stereocenters. The standard InChI is InChI=1S/C6H6N4O2/c1-10-5(11)3-4(8-2-7-3)9-6(10)12/h2H,1H3,(H,7,8)(H,9,12)/p-1. The van der Waals surface area contributed by atoms with Crippen molar-refractivity contribution in [2.24, 2.45) is 7.05 Å². The first kappa shape index (κ1) is 6.84. The normalized spacial score (nSPS) is 10.8. The fraction of sp³-hybridized carbons (Fsp3) is 0.167. The van der Waals surface area contributed by atoms with Crippen molar-refractivity contribution in [3.8, 4) is 6.01 Å². The van der Waals surface area contributed by atoms with Gasteiger partial charge in [-0.2, -0.15) is 0 Å². The first-order valence-corrected chi connectivity index (χ1v) is 3.27. The molecular weight excluding hydrogens is 160 g/mol. The average molecular weight is 165 g/mol. The van der Waals surface area contributed by atoms with E-state index in [9.17, 15) is 9.90 Å². The monoisotopic (exact) mass is 165 g/mol. The van der Waals surface area contributed by atoms with Crippen LogP contribution in [0.2, 0.25) is 0 Å². The molecule has 0 radical (unpaired) electrons. The summed E-state index contributed by atoms with van der Waals surface area (Å²) in [5.41, 5.74) is 0.0303. The minimum Gasteiger partial charge on any atom is -0.846 e. The number of hydrogen-bond acceptors (Lipinski definition) is 4. The SMILES string of the molecule is Cn1c([O-])nc2nc[nH]c2c1=O. The first-order valence-electron chi connectivity index (χ1n) is 3.27. The molecule has 0 unspecified atom stereocenters. The minimum absolute atomic E-state index is 0.170. The number of aromatic nitrogens is 4. The van der Waals surface area contributed by atoms with Crippen LogP contribution in [-0.4, -0.2) is 19.5 Å². The van der Waals surface area contributed by atoms with Gasteiger partial charge < -0.3 is 14.7 Å². The van der Waals surface area contributed by atoms with E-state index in [-0.39, 0.29) is 11.2 Å². The molecule has 0 bridgehead atoms. The molecule has 2 aromatic rings. The second kappa shape index (κ2) is 2.07. The second-order valence-electron chi connectivity index (χ2n) is 2.36. The molecule has 0 aromatic carbocycles. The molecule has 62 valence electrons. The van der Waals surface area contributed by atoms with Crippen molar-refractivity contribution in [2.75, 3.05) is 0 Å². The summed E-state index contributed by atoms with van der Waals surface area (Å²) in [6, 6.07) is -0.584. The van der Waals surface area contributed by atoms with Crippen LogP contribution in [0.3, 0.4) is 0 Å². The lowest BCUT2D eigenvalue weighted by Gasteiger charge is -2.08. The number of aromatic amines is 1. The van der Waals surface area contributed by atoms with Gasteiger partial charge in [0, 0.05) is 7.05 Å². The maximum atomic E-state index is 11.3. The Morgan fingerprint density at radius 1 is 1.67 bits per heavy atom. The highest BCUT2D eigenvalue weighted by atomic mass is 16.3. The lowest BCUT2D eigenvalue weighted by Crippen LogP contribution is -2.21. The fourth-order valence-electron chi connectivity index (χ4n) is 0.949. The molecule has 0 spiro atoms. The molecule has 0 saturated carbocycles. The van der Waals surface area contributed by atoms with Gasteiger partial charge in [0.25, 0.3) is 5.56 Å². The van der Waals surface area contributed by atoms with E-state index in [2.05, 4.69) is 15.0 Å². The van der Waals surface area contributed by atoms with Gasteiger partial charge in [-0.15, -0.1) is 0 Å². The molecule has 1 N–H and O–H groups in total. The van der Waals surface area contributed by atoms with Gasteiger partial charge in [-0.3, -0.25) is 4.79 Å². The summed E-state index contributed by atoms with van der Waals surface area (Å²) in [4.78, 5) is 21.1. The van der Waals surface area contributed by atoms with Crippen molar-refractivity contribution in [3.63, 3.8) is 0 Å². The van der Waals surface area contributed by atoms with E-state index in [0.717, 1.165) is 4.57 Å². The number of nitrogens with zero attached hydrogens (tertiary/aromatic N) is 3. The van der Waals surface area contributed by atoms with Crippen LogP contribution in [-0.2, 0) is 7.05 Å². The quantitative estimate of drug-likeness (QED) is 0.527. The van der Waals surface area contributed by atoms with Crippen molar-refractivity contribution in [1.29, 1.82) is 0 Å². The molecule has 0 fully saturated rings. The van der Waals surface area contributed by atoms with Crippen molar-refractivity contribution >= 4 is 11.2 Å². The summed E-state index contributed by atoms with van der Waals surface area (Å²) in [5.74, 6) is 0. The third-order valence-electron chi connectivity index (χ3n) is 1.63. The predicted molar refractivity (Wildman–Crippen MR) is 38.6 cm³/mol. The topological polar surface area (TPSA) is 86.6 Å². The largest absolute Gasteiger partial charge is 0.846 e. The zero-order valence-electron chi connectivity index (χ0n) is 6.24. The highest BCUT2D eigenvalue weighted by Gasteiger charge is 2.03. The third-order valence-corrected chi connectivity index (χ3v) is 1.63. The van der Waals surface area contributed by atoms with Gasteiger partial charge in [0.2, 0.25) is 0 Å². The summed E-state index contributed by atoms with van der Waals surface area (Å²) in [6.07, 6.45) is 1.33. The molecule has 0 amide bonds. The summed E-state index contributed by atoms with van der Waals surface area (Å²) < 4.78 is 0.931. The van der Waals surface area contributed by atoms with Crippen molar-refractivity contribution < 1.29 is 5.11 Å². The number of fused-ring (bicyclic) bond motifs is 1. The molecule has 2 aromatic heterocycles. The Bertz CT molecular complexity index is 484. The van der Waals surface area contributed by atoms with E-state index in [0.29, 0.717) is 0 Å². The zero-order chi connectivity index (χ0) is 8.72. The van der Waals surface area contributed by atoms with E-state index >= 15 is 0 Å². The summed E-state index contributed by atoms with van der Waals surface area (Å²) >= 11 is 0. The Morgan fingerprint density at radius 3 is 3.17 bits per heavy atom. The van der Waals surface area contributed by atoms with E-state index < -0.39 is 11.6 Å². The molecular formula is C6H5N4O2-. The van der Waals surface area contributed by atoms with E-state index in [1.54, 1.807) is 0 Å². The second-order valence-corrected chi connectivity index (χ2v) is 2.36. The zero-order valence-corrected chi connectivity index (χ0v) is 6.24. The average Bonchev–Trinajstić information content (AvgIpc) is 2.48. The van der Waals surface area contributed by atoms with Gasteiger partial charge in [0.05, 0.1) is 12.3 Å². The highest BCUT2D eigenvalue weighted by Crippen LogP contribution is 2.02. The van der Waals surface area contributed by atoms with Crippen molar-refractivity contribution in [3.05, 3.63) is 16.7 Å². The molecule has 6 nitrogen and oxygen atoms in total. The summed E-state index contributed by atoms with van der Waals surface area (Å²) in [7, 11) is 1.37. The Hall–Kier alpha value is -1.85. The lowest BCUT2D eigenvalue weighted by atomic mass is 10.5. The molecule has 6 heteroatoms. The number of hydrogen-bond donors (Lipinski definition) is 1. The highest BCUT2D eigenvalue weighted by molar-refractivity contribution is 5.68. The molecule has 2 heterocycles. The molecule has 0 aliphatic carbocycles. The first-order chi connectivity index (χ1) is 5.70. The van der Waals surface area contributed by atoms with Gasteiger partial charge in [-0.05, 0) is 0 Å². The van der Waals surface area contributed by atoms with Crippen LogP contribution in [0.5, 0.6) is 6.01 Å². The molecule has 2 rings (SSSR count). The van der Waals surface area contributed by atoms with Gasteiger partial charge in [0.1, 0.15) is 0 Å². The van der Waals surface area contributed by atoms with Gasteiger partial charge in [-0.1, -0.05) is 0 Å². The number of rotatable bonds is 0. The Labute approximate surface area is 66.5 Å². The van der Waals surface area contributed by atoms with Gasteiger partial charge >= 0.3 is 0 Å². The number of H-pyrrole nitrogens is 1. The Balaban J connectivity index is 3.05. The summed E-state index contributed by atoms with van der Waals surface area (Å²) in [6.45, 7) is 0. The number of imidazole rings is 1. The molecule has 0 aliphatic heterocycles.